The average molecular weight is 334 g/mol. The second-order valence-electron chi connectivity index (χ2n) is 5.22. The van der Waals surface area contributed by atoms with Crippen molar-refractivity contribution in [3.05, 3.63) is 29.8 Å². The quantitative estimate of drug-likeness (QED) is 0.833. The van der Waals surface area contributed by atoms with Crippen molar-refractivity contribution < 1.29 is 4.79 Å². The Balaban J connectivity index is 0.00000200. The monoisotopic (exact) mass is 333 g/mol. The number of carbonyl (C=O) groups is 1. The van der Waals surface area contributed by atoms with Crippen molar-refractivity contribution in [2.45, 2.75) is 32.2 Å². The van der Waals surface area contributed by atoms with Crippen LogP contribution >= 0.6 is 24.8 Å². The fraction of sp³-hybridized carbons (Fsp3) is 0.533. The van der Waals surface area contributed by atoms with Gasteiger partial charge in [0.1, 0.15) is 0 Å². The summed E-state index contributed by atoms with van der Waals surface area (Å²) < 4.78 is 0. The zero-order chi connectivity index (χ0) is 13.7. The maximum absolute atomic E-state index is 12.0. The highest BCUT2D eigenvalue weighted by Gasteiger charge is 2.17. The number of anilines is 1. The number of likely N-dealkylation sites (tertiary alicyclic amines) is 1. The van der Waals surface area contributed by atoms with Gasteiger partial charge in [0.05, 0.1) is 5.56 Å². The van der Waals surface area contributed by atoms with Gasteiger partial charge in [-0.05, 0) is 38.4 Å². The maximum atomic E-state index is 12.0. The van der Waals surface area contributed by atoms with Crippen LogP contribution in [-0.4, -0.2) is 36.5 Å². The molecular formula is C15H25Cl2N3O. The normalized spacial score (nSPS) is 18.2. The molecule has 0 saturated carbocycles. The summed E-state index contributed by atoms with van der Waals surface area (Å²) in [7, 11) is 0. The summed E-state index contributed by atoms with van der Waals surface area (Å²) in [5.41, 5.74) is 6.88. The Morgan fingerprint density at radius 1 is 1.33 bits per heavy atom. The van der Waals surface area contributed by atoms with E-state index in [2.05, 4.69) is 17.1 Å². The fourth-order valence-electron chi connectivity index (χ4n) is 2.60. The number of nitrogens with one attached hydrogen (secondary N) is 1. The molecule has 1 unspecified atom stereocenters. The molecule has 0 aliphatic carbocycles. The van der Waals surface area contributed by atoms with Crippen LogP contribution in [0.15, 0.2) is 24.3 Å². The Morgan fingerprint density at radius 3 is 2.71 bits per heavy atom. The van der Waals surface area contributed by atoms with Crippen molar-refractivity contribution in [2.24, 2.45) is 0 Å². The number of para-hydroxylation sites is 1. The lowest BCUT2D eigenvalue weighted by Gasteiger charge is -2.33. The summed E-state index contributed by atoms with van der Waals surface area (Å²) in [6.07, 6.45) is 3.86. The van der Waals surface area contributed by atoms with Crippen molar-refractivity contribution in [3.63, 3.8) is 0 Å². The molecule has 1 aliphatic heterocycles. The van der Waals surface area contributed by atoms with Crippen LogP contribution in [0.2, 0.25) is 0 Å². The van der Waals surface area contributed by atoms with Crippen molar-refractivity contribution in [2.75, 3.05) is 25.4 Å². The van der Waals surface area contributed by atoms with Crippen LogP contribution in [0, 0.1) is 0 Å². The number of nitrogen functional groups attached to an aromatic ring is 1. The number of nitrogens with zero attached hydrogens (tertiary/aromatic N) is 1. The number of halogens is 2. The number of nitrogens with two attached hydrogens (primary N) is 1. The summed E-state index contributed by atoms with van der Waals surface area (Å²) in [6.45, 7) is 5.00. The van der Waals surface area contributed by atoms with E-state index in [1.54, 1.807) is 12.1 Å². The Bertz CT molecular complexity index is 443. The lowest BCUT2D eigenvalue weighted by atomic mass is 10.0. The summed E-state index contributed by atoms with van der Waals surface area (Å²) >= 11 is 0. The Hall–Kier alpha value is -0.970. The molecule has 6 heteroatoms. The Kier molecular flexibility index (Phi) is 9.42. The van der Waals surface area contributed by atoms with Gasteiger partial charge in [-0.3, -0.25) is 9.69 Å². The predicted octanol–water partition coefficient (Wildman–Crippen LogP) is 2.72. The molecule has 1 atom stereocenters. The third-order valence-corrected chi connectivity index (χ3v) is 3.83. The molecule has 2 rings (SSSR count). The molecule has 0 radical (unpaired) electrons. The summed E-state index contributed by atoms with van der Waals surface area (Å²) in [5.74, 6) is -0.0808. The lowest BCUT2D eigenvalue weighted by molar-refractivity contribution is 0.0939. The molecule has 1 amide bonds. The average Bonchev–Trinajstić information content (AvgIpc) is 2.41. The molecule has 0 bridgehead atoms. The standard InChI is InChI=1S/C15H23N3O.2ClH/c1-12-6-4-5-10-18(12)11-9-17-15(19)13-7-2-3-8-14(13)16;;/h2-3,7-8,12H,4-6,9-11,16H2,1H3,(H,17,19);2*1H. The second-order valence-corrected chi connectivity index (χ2v) is 5.22. The SMILES string of the molecule is CC1CCCCN1CCNC(=O)c1ccccc1N.Cl.Cl. The Morgan fingerprint density at radius 2 is 2.05 bits per heavy atom. The van der Waals surface area contributed by atoms with Gasteiger partial charge in [-0.2, -0.15) is 0 Å². The summed E-state index contributed by atoms with van der Waals surface area (Å²) in [5, 5.41) is 2.95. The van der Waals surface area contributed by atoms with E-state index in [1.807, 2.05) is 12.1 Å². The molecule has 120 valence electrons. The van der Waals surface area contributed by atoms with Crippen molar-refractivity contribution in [1.29, 1.82) is 0 Å². The highest BCUT2D eigenvalue weighted by atomic mass is 35.5. The summed E-state index contributed by atoms with van der Waals surface area (Å²) in [6, 6.07) is 7.81. The van der Waals surface area contributed by atoms with E-state index in [0.717, 1.165) is 13.1 Å². The zero-order valence-corrected chi connectivity index (χ0v) is 14.0. The van der Waals surface area contributed by atoms with E-state index >= 15 is 0 Å². The van der Waals surface area contributed by atoms with Crippen molar-refractivity contribution >= 4 is 36.4 Å². The van der Waals surface area contributed by atoms with E-state index in [1.165, 1.54) is 19.3 Å². The van der Waals surface area contributed by atoms with Gasteiger partial charge in [0, 0.05) is 24.8 Å². The van der Waals surface area contributed by atoms with E-state index in [9.17, 15) is 4.79 Å². The minimum Gasteiger partial charge on any atom is -0.398 e. The molecule has 1 aromatic rings. The van der Waals surface area contributed by atoms with Gasteiger partial charge in [0.25, 0.3) is 5.91 Å². The van der Waals surface area contributed by atoms with Crippen LogP contribution in [0.4, 0.5) is 5.69 Å². The molecule has 1 saturated heterocycles. The van der Waals surface area contributed by atoms with Crippen LogP contribution < -0.4 is 11.1 Å². The number of rotatable bonds is 4. The predicted molar refractivity (Wildman–Crippen MR) is 92.6 cm³/mol. The fourth-order valence-corrected chi connectivity index (χ4v) is 2.60. The van der Waals surface area contributed by atoms with Gasteiger partial charge in [0.2, 0.25) is 0 Å². The van der Waals surface area contributed by atoms with Crippen LogP contribution in [0.1, 0.15) is 36.5 Å². The number of carbonyl (C=O) groups excluding carboxylic acids is 1. The second kappa shape index (κ2) is 9.87. The minimum atomic E-state index is -0.0808. The molecular weight excluding hydrogens is 309 g/mol. The van der Waals surface area contributed by atoms with Gasteiger partial charge in [-0.1, -0.05) is 18.6 Å². The van der Waals surface area contributed by atoms with E-state index in [0.29, 0.717) is 23.8 Å². The number of benzene rings is 1. The number of piperidine rings is 1. The van der Waals surface area contributed by atoms with Gasteiger partial charge in [0.15, 0.2) is 0 Å². The van der Waals surface area contributed by atoms with Crippen LogP contribution in [0.25, 0.3) is 0 Å². The van der Waals surface area contributed by atoms with Crippen LogP contribution in [0.5, 0.6) is 0 Å². The molecule has 0 spiro atoms. The largest absolute Gasteiger partial charge is 0.398 e. The van der Waals surface area contributed by atoms with Crippen LogP contribution in [-0.2, 0) is 0 Å². The zero-order valence-electron chi connectivity index (χ0n) is 12.4. The molecule has 4 nitrogen and oxygen atoms in total. The number of amides is 1. The molecule has 0 aromatic heterocycles. The first-order chi connectivity index (χ1) is 9.18. The molecule has 1 aromatic carbocycles. The molecule has 3 N–H and O–H groups in total. The molecule has 1 fully saturated rings. The van der Waals surface area contributed by atoms with Crippen LogP contribution in [0.3, 0.4) is 0 Å². The first-order valence-electron chi connectivity index (χ1n) is 7.05. The van der Waals surface area contributed by atoms with E-state index in [4.69, 9.17) is 5.73 Å². The number of hydrogen-bond donors (Lipinski definition) is 2. The van der Waals surface area contributed by atoms with Gasteiger partial charge < -0.3 is 11.1 Å². The number of hydrogen-bond acceptors (Lipinski definition) is 3. The summed E-state index contributed by atoms with van der Waals surface area (Å²) in [4.78, 5) is 14.4. The highest BCUT2D eigenvalue weighted by Crippen LogP contribution is 2.15. The lowest BCUT2D eigenvalue weighted by Crippen LogP contribution is -2.42. The Labute approximate surface area is 139 Å². The smallest absolute Gasteiger partial charge is 0.253 e. The van der Waals surface area contributed by atoms with Crippen molar-refractivity contribution in [3.8, 4) is 0 Å². The molecule has 1 aliphatic rings. The van der Waals surface area contributed by atoms with Gasteiger partial charge in [-0.15, -0.1) is 24.8 Å². The molecule has 21 heavy (non-hydrogen) atoms. The van der Waals surface area contributed by atoms with Crippen molar-refractivity contribution in [1.82, 2.24) is 10.2 Å². The first kappa shape index (κ1) is 20.0. The third kappa shape index (κ3) is 5.73. The third-order valence-electron chi connectivity index (χ3n) is 3.83. The van der Waals surface area contributed by atoms with E-state index < -0.39 is 0 Å². The van der Waals surface area contributed by atoms with E-state index in [-0.39, 0.29) is 30.7 Å². The topological polar surface area (TPSA) is 58.4 Å². The maximum Gasteiger partial charge on any atom is 0.253 e. The minimum absolute atomic E-state index is 0. The van der Waals surface area contributed by atoms with Gasteiger partial charge >= 0.3 is 0 Å². The highest BCUT2D eigenvalue weighted by molar-refractivity contribution is 5.99. The van der Waals surface area contributed by atoms with Gasteiger partial charge in [-0.25, -0.2) is 0 Å². The molecule has 1 heterocycles. The first-order valence-corrected chi connectivity index (χ1v) is 7.05.